The van der Waals surface area contributed by atoms with Crippen molar-refractivity contribution in [3.05, 3.63) is 34.3 Å². The van der Waals surface area contributed by atoms with E-state index in [0.29, 0.717) is 13.1 Å². The molecule has 5 nitrogen and oxygen atoms in total. The van der Waals surface area contributed by atoms with E-state index in [1.807, 2.05) is 17.0 Å². The predicted molar refractivity (Wildman–Crippen MR) is 88.3 cm³/mol. The first-order valence-corrected chi connectivity index (χ1v) is 8.18. The fourth-order valence-corrected chi connectivity index (χ4v) is 2.70. The number of nitrogens with two attached hydrogens (primary N) is 1. The van der Waals surface area contributed by atoms with Crippen LogP contribution in [0.3, 0.4) is 0 Å². The van der Waals surface area contributed by atoms with Gasteiger partial charge < -0.3 is 16.0 Å². The summed E-state index contributed by atoms with van der Waals surface area (Å²) in [5.74, 6) is 0. The molecule has 0 bridgehead atoms. The van der Waals surface area contributed by atoms with Crippen molar-refractivity contribution >= 4 is 22.0 Å². The molecule has 1 aliphatic rings. The highest BCUT2D eigenvalue weighted by atomic mass is 79.9. The molecule has 116 valence electrons. The van der Waals surface area contributed by atoms with E-state index in [1.165, 1.54) is 5.56 Å². The quantitative estimate of drug-likeness (QED) is 0.837. The van der Waals surface area contributed by atoms with Crippen LogP contribution in [0.25, 0.3) is 0 Å². The molecule has 0 spiro atoms. The van der Waals surface area contributed by atoms with Gasteiger partial charge in [0.25, 0.3) is 0 Å². The van der Waals surface area contributed by atoms with Crippen molar-refractivity contribution in [1.29, 1.82) is 0 Å². The maximum Gasteiger partial charge on any atom is 0.317 e. The number of nitrogens with one attached hydrogen (secondary N) is 1. The monoisotopic (exact) mass is 354 g/mol. The van der Waals surface area contributed by atoms with Gasteiger partial charge in [0.1, 0.15) is 0 Å². The minimum absolute atomic E-state index is 0.0412. The van der Waals surface area contributed by atoms with Gasteiger partial charge in [-0.3, -0.25) is 4.90 Å². The van der Waals surface area contributed by atoms with Gasteiger partial charge in [0, 0.05) is 50.3 Å². The van der Waals surface area contributed by atoms with Crippen LogP contribution in [0, 0.1) is 0 Å². The van der Waals surface area contributed by atoms with E-state index < -0.39 is 0 Å². The number of urea groups is 1. The number of piperazine rings is 1. The second-order valence-corrected chi connectivity index (χ2v) is 6.14. The van der Waals surface area contributed by atoms with Gasteiger partial charge in [0.15, 0.2) is 0 Å². The van der Waals surface area contributed by atoms with Crippen molar-refractivity contribution < 1.29 is 4.79 Å². The topological polar surface area (TPSA) is 61.6 Å². The first-order chi connectivity index (χ1) is 10.2. The minimum atomic E-state index is 0.0412. The second-order valence-electron chi connectivity index (χ2n) is 5.23. The third-order valence-electron chi connectivity index (χ3n) is 3.71. The Hall–Kier alpha value is -1.11. The first kappa shape index (κ1) is 16.3. The molecule has 0 atom stereocenters. The lowest BCUT2D eigenvalue weighted by molar-refractivity contribution is 0.141. The SMILES string of the molecule is NCCN1CCN(C(=O)NCCc2ccc(Br)cc2)CC1. The van der Waals surface area contributed by atoms with Crippen LogP contribution < -0.4 is 11.1 Å². The smallest absolute Gasteiger partial charge is 0.317 e. The van der Waals surface area contributed by atoms with Gasteiger partial charge in [-0.25, -0.2) is 4.79 Å². The Morgan fingerprint density at radius 3 is 2.48 bits per heavy atom. The summed E-state index contributed by atoms with van der Waals surface area (Å²) in [6.07, 6.45) is 0.853. The fraction of sp³-hybridized carbons (Fsp3) is 0.533. The molecule has 21 heavy (non-hydrogen) atoms. The van der Waals surface area contributed by atoms with Crippen molar-refractivity contribution in [3.63, 3.8) is 0 Å². The van der Waals surface area contributed by atoms with E-state index in [1.54, 1.807) is 0 Å². The summed E-state index contributed by atoms with van der Waals surface area (Å²) in [5.41, 5.74) is 6.77. The Labute approximate surface area is 134 Å². The Balaban J connectivity index is 1.67. The Morgan fingerprint density at radius 2 is 1.86 bits per heavy atom. The normalized spacial score (nSPS) is 16.0. The number of carbonyl (C=O) groups excluding carboxylic acids is 1. The number of benzene rings is 1. The van der Waals surface area contributed by atoms with Gasteiger partial charge >= 0.3 is 6.03 Å². The number of carbonyl (C=O) groups is 1. The van der Waals surface area contributed by atoms with Crippen LogP contribution in [0.1, 0.15) is 5.56 Å². The minimum Gasteiger partial charge on any atom is -0.338 e. The fourth-order valence-electron chi connectivity index (χ4n) is 2.43. The van der Waals surface area contributed by atoms with Crippen molar-refractivity contribution in [2.24, 2.45) is 5.73 Å². The lowest BCUT2D eigenvalue weighted by Crippen LogP contribution is -2.52. The molecule has 0 radical (unpaired) electrons. The van der Waals surface area contributed by atoms with Gasteiger partial charge in [-0.15, -0.1) is 0 Å². The maximum atomic E-state index is 12.1. The molecule has 3 N–H and O–H groups in total. The number of rotatable bonds is 5. The highest BCUT2D eigenvalue weighted by Gasteiger charge is 2.19. The van der Waals surface area contributed by atoms with E-state index in [2.05, 4.69) is 38.3 Å². The third kappa shape index (κ3) is 5.30. The van der Waals surface area contributed by atoms with Crippen LogP contribution in [-0.4, -0.2) is 61.6 Å². The van der Waals surface area contributed by atoms with Gasteiger partial charge in [-0.1, -0.05) is 28.1 Å². The van der Waals surface area contributed by atoms with Crippen LogP contribution in [0.5, 0.6) is 0 Å². The summed E-state index contributed by atoms with van der Waals surface area (Å²) in [6.45, 7) is 5.66. The number of hydrogen-bond donors (Lipinski definition) is 2. The lowest BCUT2D eigenvalue weighted by atomic mass is 10.1. The molecular weight excluding hydrogens is 332 g/mol. The van der Waals surface area contributed by atoms with E-state index in [4.69, 9.17) is 5.73 Å². The molecule has 2 amide bonds. The number of nitrogens with zero attached hydrogens (tertiary/aromatic N) is 2. The highest BCUT2D eigenvalue weighted by Crippen LogP contribution is 2.10. The third-order valence-corrected chi connectivity index (χ3v) is 4.24. The Bertz CT molecular complexity index is 443. The molecule has 0 aliphatic carbocycles. The second kappa shape index (κ2) is 8.36. The summed E-state index contributed by atoms with van der Waals surface area (Å²) in [5, 5.41) is 2.99. The van der Waals surface area contributed by atoms with Crippen LogP contribution in [0.4, 0.5) is 4.79 Å². The molecule has 1 fully saturated rings. The molecule has 0 unspecified atom stereocenters. The van der Waals surface area contributed by atoms with Gasteiger partial charge in [0.2, 0.25) is 0 Å². The van der Waals surface area contributed by atoms with Crippen molar-refractivity contribution in [3.8, 4) is 0 Å². The molecule has 0 saturated carbocycles. The molecule has 1 aromatic carbocycles. The average Bonchev–Trinajstić information content (AvgIpc) is 2.50. The van der Waals surface area contributed by atoms with E-state index in [0.717, 1.165) is 43.6 Å². The zero-order valence-electron chi connectivity index (χ0n) is 12.2. The number of halogens is 1. The van der Waals surface area contributed by atoms with Crippen LogP contribution in [0.2, 0.25) is 0 Å². The molecule has 0 aromatic heterocycles. The lowest BCUT2D eigenvalue weighted by Gasteiger charge is -2.34. The summed E-state index contributed by atoms with van der Waals surface area (Å²) in [7, 11) is 0. The standard InChI is InChI=1S/C15H23BrN4O/c16-14-3-1-13(2-4-14)5-7-18-15(21)20-11-9-19(8-6-17)10-12-20/h1-4H,5-12,17H2,(H,18,21). The maximum absolute atomic E-state index is 12.1. The molecule has 1 aliphatic heterocycles. The number of hydrogen-bond acceptors (Lipinski definition) is 3. The van der Waals surface area contributed by atoms with E-state index in [9.17, 15) is 4.79 Å². The molecule has 1 aromatic rings. The molecule has 1 saturated heterocycles. The molecule has 1 heterocycles. The summed E-state index contributed by atoms with van der Waals surface area (Å²) < 4.78 is 1.07. The van der Waals surface area contributed by atoms with Crippen molar-refractivity contribution in [1.82, 2.24) is 15.1 Å². The van der Waals surface area contributed by atoms with E-state index >= 15 is 0 Å². The largest absolute Gasteiger partial charge is 0.338 e. The zero-order valence-corrected chi connectivity index (χ0v) is 13.8. The summed E-state index contributed by atoms with van der Waals surface area (Å²) in [6, 6.07) is 8.23. The Kier molecular flexibility index (Phi) is 6.48. The first-order valence-electron chi connectivity index (χ1n) is 7.38. The van der Waals surface area contributed by atoms with Crippen LogP contribution in [-0.2, 0) is 6.42 Å². The highest BCUT2D eigenvalue weighted by molar-refractivity contribution is 9.10. The number of amides is 2. The van der Waals surface area contributed by atoms with E-state index in [-0.39, 0.29) is 6.03 Å². The summed E-state index contributed by atoms with van der Waals surface area (Å²) in [4.78, 5) is 16.3. The predicted octanol–water partition coefficient (Wildman–Crippen LogP) is 1.28. The van der Waals surface area contributed by atoms with Gasteiger partial charge in [0.05, 0.1) is 0 Å². The summed E-state index contributed by atoms with van der Waals surface area (Å²) >= 11 is 3.42. The van der Waals surface area contributed by atoms with Crippen molar-refractivity contribution in [2.45, 2.75) is 6.42 Å². The Morgan fingerprint density at radius 1 is 1.19 bits per heavy atom. The molecule has 2 rings (SSSR count). The van der Waals surface area contributed by atoms with Crippen LogP contribution in [0.15, 0.2) is 28.7 Å². The van der Waals surface area contributed by atoms with Gasteiger partial charge in [-0.05, 0) is 24.1 Å². The van der Waals surface area contributed by atoms with Crippen molar-refractivity contribution in [2.75, 3.05) is 45.8 Å². The average molecular weight is 355 g/mol. The van der Waals surface area contributed by atoms with Crippen LogP contribution >= 0.6 is 15.9 Å². The molecule has 6 heteroatoms. The van der Waals surface area contributed by atoms with Gasteiger partial charge in [-0.2, -0.15) is 0 Å². The molecular formula is C15H23BrN4O. The zero-order chi connectivity index (χ0) is 15.1.